The van der Waals surface area contributed by atoms with Gasteiger partial charge in [-0.25, -0.2) is 0 Å². The van der Waals surface area contributed by atoms with E-state index in [0.717, 1.165) is 25.7 Å². The molecule has 0 spiro atoms. The van der Waals surface area contributed by atoms with E-state index in [-0.39, 0.29) is 40.6 Å². The number of aliphatic hydroxyl groups is 10. The van der Waals surface area contributed by atoms with E-state index in [2.05, 4.69) is 47.6 Å². The maximum Gasteiger partial charge on any atom is 0.187 e. The highest BCUT2D eigenvalue weighted by atomic mass is 16.7. The molecule has 4 aliphatic carbocycles. The highest BCUT2D eigenvalue weighted by Gasteiger charge is 2.70. The molecule has 0 aromatic rings. The van der Waals surface area contributed by atoms with E-state index in [9.17, 15) is 51.1 Å². The molecule has 3 saturated carbocycles. The van der Waals surface area contributed by atoms with Crippen molar-refractivity contribution >= 4 is 0 Å². The van der Waals surface area contributed by atoms with E-state index in [1.807, 2.05) is 0 Å². The van der Waals surface area contributed by atoms with Crippen LogP contribution in [0, 0.1) is 45.3 Å². The summed E-state index contributed by atoms with van der Waals surface area (Å²) >= 11 is 0. The molecule has 324 valence electrons. The van der Waals surface area contributed by atoms with Crippen molar-refractivity contribution in [2.75, 3.05) is 13.2 Å². The molecule has 2 heterocycles. The van der Waals surface area contributed by atoms with E-state index in [1.54, 1.807) is 13.8 Å². The number of aliphatic hydroxyl groups excluding tert-OH is 9. The van der Waals surface area contributed by atoms with Crippen LogP contribution < -0.4 is 0 Å². The minimum Gasteiger partial charge on any atom is -0.394 e. The molecule has 1 unspecified atom stereocenters. The SMILES string of the molecule is C[C@@H](CC[C@@H](O[C@H]1O[C@@H](CO)[C@H](O)[C@@H](O)[C@@H]1O)C(C)(C)O)[C@@H]1CC[C@]2(C)C3CC=C4[C@H](CC[C@@H](O[C@H]5O[C@@H](CO)[C@H](O)[C@@H](O)[C@@H]5O)C4(C)C)[C@@]3(C)[C@@H](O)C[C@@]12C. The summed E-state index contributed by atoms with van der Waals surface area (Å²) in [4.78, 5) is 0. The summed E-state index contributed by atoms with van der Waals surface area (Å²) in [5.74, 6) is 0.800. The quantitative estimate of drug-likeness (QED) is 0.132. The van der Waals surface area contributed by atoms with Gasteiger partial charge in [0.2, 0.25) is 0 Å². The molecule has 56 heavy (non-hydrogen) atoms. The summed E-state index contributed by atoms with van der Waals surface area (Å²) in [6.07, 6.45) is -7.19. The number of allylic oxidation sites excluding steroid dienone is 1. The van der Waals surface area contributed by atoms with Crippen LogP contribution in [-0.2, 0) is 18.9 Å². The van der Waals surface area contributed by atoms with Crippen LogP contribution in [0.2, 0.25) is 0 Å². The topological polar surface area (TPSA) is 239 Å². The van der Waals surface area contributed by atoms with Crippen molar-refractivity contribution in [3.63, 3.8) is 0 Å². The first kappa shape index (κ1) is 44.7. The van der Waals surface area contributed by atoms with Gasteiger partial charge in [-0.15, -0.1) is 0 Å². The first-order chi connectivity index (χ1) is 26.0. The molecule has 14 heteroatoms. The van der Waals surface area contributed by atoms with Gasteiger partial charge in [0.15, 0.2) is 12.6 Å². The summed E-state index contributed by atoms with van der Waals surface area (Å²) in [5.41, 5.74) is -1.23. The summed E-state index contributed by atoms with van der Waals surface area (Å²) in [5, 5.41) is 106. The van der Waals surface area contributed by atoms with Gasteiger partial charge in [0.05, 0.1) is 37.1 Å². The van der Waals surface area contributed by atoms with Gasteiger partial charge < -0.3 is 70.0 Å². The van der Waals surface area contributed by atoms with Crippen molar-refractivity contribution in [1.82, 2.24) is 0 Å². The highest BCUT2D eigenvalue weighted by Crippen LogP contribution is 2.75. The Labute approximate surface area is 331 Å². The van der Waals surface area contributed by atoms with Gasteiger partial charge in [0.25, 0.3) is 0 Å². The Morgan fingerprint density at radius 1 is 0.768 bits per heavy atom. The Kier molecular flexibility index (Phi) is 12.7. The largest absolute Gasteiger partial charge is 0.394 e. The number of hydrogen-bond donors (Lipinski definition) is 10. The minimum atomic E-state index is -1.58. The summed E-state index contributed by atoms with van der Waals surface area (Å²) in [6.45, 7) is 15.7. The number of fused-ring (bicyclic) bond motifs is 5. The van der Waals surface area contributed by atoms with Crippen molar-refractivity contribution in [2.45, 2.75) is 192 Å². The first-order valence-electron chi connectivity index (χ1n) is 21.0. The Hall–Kier alpha value is -0.820. The van der Waals surface area contributed by atoms with Gasteiger partial charge in [-0.2, -0.15) is 0 Å². The van der Waals surface area contributed by atoms with Crippen LogP contribution in [-0.4, -0.2) is 150 Å². The summed E-state index contributed by atoms with van der Waals surface area (Å²) in [7, 11) is 0. The summed E-state index contributed by atoms with van der Waals surface area (Å²) in [6, 6.07) is 0. The molecule has 6 rings (SSSR count). The lowest BCUT2D eigenvalue weighted by Crippen LogP contribution is -2.65. The van der Waals surface area contributed by atoms with Crippen molar-refractivity contribution in [3.8, 4) is 0 Å². The van der Waals surface area contributed by atoms with Gasteiger partial charge in [-0.3, -0.25) is 0 Å². The zero-order valence-corrected chi connectivity index (χ0v) is 34.6. The molecule has 6 aliphatic rings. The second-order valence-electron chi connectivity index (χ2n) is 20.2. The second kappa shape index (κ2) is 15.9. The maximum atomic E-state index is 12.5. The Balaban J connectivity index is 1.17. The van der Waals surface area contributed by atoms with Crippen LogP contribution >= 0.6 is 0 Å². The Morgan fingerprint density at radius 3 is 1.91 bits per heavy atom. The van der Waals surface area contributed by atoms with Crippen molar-refractivity contribution in [2.24, 2.45) is 45.3 Å². The van der Waals surface area contributed by atoms with Crippen LogP contribution in [0.5, 0.6) is 0 Å². The standard InChI is InChI=1S/C42H72O14/c1-20(9-13-29(39(4,5)52)56-37-35(51)33(49)31(47)25(19-44)54-37)21-15-16-40(6)26-12-10-22-23(42(26,8)27(45)17-41(21,40)7)11-14-28(38(22,2)3)55-36-34(50)32(48)30(46)24(18-43)53-36/h10,20-21,23-37,43-52H,9,11-19H2,1-8H3/t20-,21-,23-,24-,25-,26?,27-,28+,29+,30-,31-,32+,33+,34-,35-,36+,37+,40+,41-,42+/m0/s1. The number of ether oxygens (including phenoxy) is 4. The number of rotatable bonds is 11. The van der Waals surface area contributed by atoms with Crippen molar-refractivity contribution in [3.05, 3.63) is 11.6 Å². The van der Waals surface area contributed by atoms with Crippen LogP contribution in [0.15, 0.2) is 11.6 Å². The van der Waals surface area contributed by atoms with E-state index in [1.165, 1.54) is 5.57 Å². The molecule has 0 aromatic heterocycles. The monoisotopic (exact) mass is 800 g/mol. The van der Waals surface area contributed by atoms with Crippen molar-refractivity contribution < 1.29 is 70.0 Å². The van der Waals surface area contributed by atoms with Gasteiger partial charge >= 0.3 is 0 Å². The molecule has 14 nitrogen and oxygen atoms in total. The third kappa shape index (κ3) is 7.16. The lowest BCUT2D eigenvalue weighted by molar-refractivity contribution is -0.322. The third-order valence-corrected chi connectivity index (χ3v) is 16.6. The zero-order chi connectivity index (χ0) is 41.5. The molecule has 0 radical (unpaired) electrons. The predicted molar refractivity (Wildman–Crippen MR) is 202 cm³/mol. The van der Waals surface area contributed by atoms with E-state index >= 15 is 0 Å². The average molecular weight is 801 g/mol. The van der Waals surface area contributed by atoms with Crippen molar-refractivity contribution in [1.29, 1.82) is 0 Å². The van der Waals surface area contributed by atoms with E-state index < -0.39 is 103 Å². The fraction of sp³-hybridized carbons (Fsp3) is 0.952. The molecular formula is C42H72O14. The molecule has 5 fully saturated rings. The smallest absolute Gasteiger partial charge is 0.187 e. The Bertz CT molecular complexity index is 1400. The first-order valence-corrected chi connectivity index (χ1v) is 21.0. The van der Waals surface area contributed by atoms with Crippen LogP contribution in [0.25, 0.3) is 0 Å². The third-order valence-electron chi connectivity index (χ3n) is 16.6. The minimum absolute atomic E-state index is 0.0712. The Morgan fingerprint density at radius 2 is 1.34 bits per heavy atom. The number of hydrogen-bond acceptors (Lipinski definition) is 14. The summed E-state index contributed by atoms with van der Waals surface area (Å²) < 4.78 is 23.9. The highest BCUT2D eigenvalue weighted by molar-refractivity contribution is 5.32. The van der Waals surface area contributed by atoms with E-state index in [4.69, 9.17) is 18.9 Å². The zero-order valence-electron chi connectivity index (χ0n) is 34.6. The van der Waals surface area contributed by atoms with Gasteiger partial charge in [-0.1, -0.05) is 53.2 Å². The average Bonchev–Trinajstić information content (AvgIpc) is 3.40. The lowest BCUT2D eigenvalue weighted by atomic mass is 9.38. The van der Waals surface area contributed by atoms with Gasteiger partial charge in [0, 0.05) is 10.8 Å². The molecular weight excluding hydrogens is 728 g/mol. The molecule has 0 bridgehead atoms. The van der Waals surface area contributed by atoms with Gasteiger partial charge in [-0.05, 0) is 99.7 Å². The second-order valence-corrected chi connectivity index (χ2v) is 20.2. The normalized spacial score (nSPS) is 50.3. The molecule has 10 N–H and O–H groups in total. The fourth-order valence-corrected chi connectivity index (χ4v) is 12.8. The molecule has 0 aromatic carbocycles. The van der Waals surface area contributed by atoms with Crippen LogP contribution in [0.3, 0.4) is 0 Å². The maximum absolute atomic E-state index is 12.5. The van der Waals surface area contributed by atoms with Crippen LogP contribution in [0.4, 0.5) is 0 Å². The van der Waals surface area contributed by atoms with E-state index in [0.29, 0.717) is 25.7 Å². The molecule has 0 amide bonds. The molecule has 20 atom stereocenters. The fourth-order valence-electron chi connectivity index (χ4n) is 12.8. The lowest BCUT2D eigenvalue weighted by Gasteiger charge is -2.67. The predicted octanol–water partition coefficient (Wildman–Crippen LogP) is 1.12. The molecule has 2 saturated heterocycles. The molecule has 2 aliphatic heterocycles. The van der Waals surface area contributed by atoms with Gasteiger partial charge in [0.1, 0.15) is 48.8 Å². The van der Waals surface area contributed by atoms with Crippen LogP contribution in [0.1, 0.15) is 107 Å².